The van der Waals surface area contributed by atoms with Gasteiger partial charge in [-0.15, -0.1) is 0 Å². The normalized spacial score (nSPS) is 16.9. The van der Waals surface area contributed by atoms with Crippen molar-refractivity contribution < 1.29 is 4.74 Å². The molecule has 1 unspecified atom stereocenters. The van der Waals surface area contributed by atoms with Gasteiger partial charge >= 0.3 is 0 Å². The molecule has 1 aliphatic heterocycles. The van der Waals surface area contributed by atoms with E-state index in [2.05, 4.69) is 30.2 Å². The van der Waals surface area contributed by atoms with E-state index in [0.717, 1.165) is 32.4 Å². The second-order valence-corrected chi connectivity index (χ2v) is 4.79. The van der Waals surface area contributed by atoms with E-state index in [1.165, 1.54) is 16.7 Å². The van der Waals surface area contributed by atoms with Crippen LogP contribution in [-0.4, -0.2) is 18.1 Å². The van der Waals surface area contributed by atoms with Crippen LogP contribution in [-0.2, 0) is 4.74 Å². The molecule has 3 nitrogen and oxygen atoms in total. The van der Waals surface area contributed by atoms with E-state index in [9.17, 15) is 0 Å². The highest BCUT2D eigenvalue weighted by Gasteiger charge is 2.20. The molecule has 3 heteroatoms. The van der Waals surface area contributed by atoms with Crippen LogP contribution in [0.2, 0.25) is 0 Å². The molecule has 1 aromatic rings. The Morgan fingerprint density at radius 3 is 3.06 bits per heavy atom. The third-order valence-electron chi connectivity index (χ3n) is 3.32. The van der Waals surface area contributed by atoms with Crippen molar-refractivity contribution in [1.29, 1.82) is 0 Å². The highest BCUT2D eigenvalue weighted by molar-refractivity contribution is 5.32. The second-order valence-electron chi connectivity index (χ2n) is 4.79. The van der Waals surface area contributed by atoms with E-state index in [-0.39, 0.29) is 6.04 Å². The molecule has 1 aromatic heterocycles. The lowest BCUT2D eigenvalue weighted by molar-refractivity contribution is 0.219. The van der Waals surface area contributed by atoms with Gasteiger partial charge in [0.25, 0.3) is 0 Å². The second kappa shape index (κ2) is 6.55. The SMILES string of the molecule is CCCNC(C1=COCCC1)c1cnccc1C. The molecule has 0 saturated heterocycles. The van der Waals surface area contributed by atoms with Gasteiger partial charge in [-0.25, -0.2) is 0 Å². The smallest absolute Gasteiger partial charge is 0.0876 e. The Kier molecular flexibility index (Phi) is 4.76. The zero-order valence-electron chi connectivity index (χ0n) is 11.3. The summed E-state index contributed by atoms with van der Waals surface area (Å²) in [6.07, 6.45) is 9.10. The Labute approximate surface area is 109 Å². The average molecular weight is 246 g/mol. The highest BCUT2D eigenvalue weighted by atomic mass is 16.5. The van der Waals surface area contributed by atoms with Crippen molar-refractivity contribution in [3.05, 3.63) is 41.4 Å². The van der Waals surface area contributed by atoms with Crippen LogP contribution in [0.3, 0.4) is 0 Å². The number of aromatic nitrogens is 1. The maximum absolute atomic E-state index is 5.48. The molecule has 0 aromatic carbocycles. The monoisotopic (exact) mass is 246 g/mol. The Hall–Kier alpha value is -1.35. The molecule has 18 heavy (non-hydrogen) atoms. The Bertz CT molecular complexity index is 415. The number of ether oxygens (including phenoxy) is 1. The van der Waals surface area contributed by atoms with Gasteiger partial charge in [-0.05, 0) is 55.5 Å². The van der Waals surface area contributed by atoms with E-state index in [0.29, 0.717) is 0 Å². The molecule has 0 fully saturated rings. The molecule has 0 saturated carbocycles. The summed E-state index contributed by atoms with van der Waals surface area (Å²) < 4.78 is 5.48. The molecule has 0 aliphatic carbocycles. The van der Waals surface area contributed by atoms with Crippen molar-refractivity contribution in [3.63, 3.8) is 0 Å². The summed E-state index contributed by atoms with van der Waals surface area (Å²) in [6, 6.07) is 2.32. The molecule has 0 spiro atoms. The zero-order valence-corrected chi connectivity index (χ0v) is 11.3. The molecule has 0 amide bonds. The standard InChI is InChI=1S/C15H22N2O/c1-3-7-17-15(13-5-4-9-18-11-13)14-10-16-8-6-12(14)2/h6,8,10-11,15,17H,3-5,7,9H2,1-2H3. The summed E-state index contributed by atoms with van der Waals surface area (Å²) in [4.78, 5) is 4.26. The molecule has 2 rings (SSSR count). The lowest BCUT2D eigenvalue weighted by atomic mass is 9.93. The van der Waals surface area contributed by atoms with Gasteiger partial charge in [0.2, 0.25) is 0 Å². The molecule has 0 radical (unpaired) electrons. The first kappa shape index (κ1) is 13.1. The molecule has 1 atom stereocenters. The quantitative estimate of drug-likeness (QED) is 0.866. The fourth-order valence-electron chi connectivity index (χ4n) is 2.30. The van der Waals surface area contributed by atoms with E-state index in [1.807, 2.05) is 18.7 Å². The number of hydrogen-bond acceptors (Lipinski definition) is 3. The van der Waals surface area contributed by atoms with Crippen LogP contribution in [0.5, 0.6) is 0 Å². The molecule has 0 bridgehead atoms. The lowest BCUT2D eigenvalue weighted by Gasteiger charge is -2.25. The van der Waals surface area contributed by atoms with Crippen LogP contribution in [0.1, 0.15) is 43.4 Å². The topological polar surface area (TPSA) is 34.1 Å². The number of nitrogens with one attached hydrogen (secondary N) is 1. The van der Waals surface area contributed by atoms with E-state index < -0.39 is 0 Å². The zero-order chi connectivity index (χ0) is 12.8. The van der Waals surface area contributed by atoms with Crippen LogP contribution >= 0.6 is 0 Å². The minimum atomic E-state index is 0.249. The van der Waals surface area contributed by atoms with Gasteiger partial charge in [0.15, 0.2) is 0 Å². The Morgan fingerprint density at radius 2 is 2.39 bits per heavy atom. The van der Waals surface area contributed by atoms with Crippen LogP contribution in [0.15, 0.2) is 30.3 Å². The fraction of sp³-hybridized carbons (Fsp3) is 0.533. The molecule has 1 N–H and O–H groups in total. The fourth-order valence-corrected chi connectivity index (χ4v) is 2.30. The van der Waals surface area contributed by atoms with Crippen LogP contribution < -0.4 is 5.32 Å². The molecule has 98 valence electrons. The third-order valence-corrected chi connectivity index (χ3v) is 3.32. The highest BCUT2D eigenvalue weighted by Crippen LogP contribution is 2.29. The van der Waals surface area contributed by atoms with Gasteiger partial charge in [0.1, 0.15) is 0 Å². The van der Waals surface area contributed by atoms with E-state index >= 15 is 0 Å². The summed E-state index contributed by atoms with van der Waals surface area (Å²) in [7, 11) is 0. The summed E-state index contributed by atoms with van der Waals surface area (Å²) in [5.41, 5.74) is 3.89. The van der Waals surface area contributed by atoms with Crippen LogP contribution in [0.4, 0.5) is 0 Å². The van der Waals surface area contributed by atoms with Crippen LogP contribution in [0.25, 0.3) is 0 Å². The molecular weight excluding hydrogens is 224 g/mol. The van der Waals surface area contributed by atoms with Gasteiger partial charge in [-0.2, -0.15) is 0 Å². The van der Waals surface area contributed by atoms with Crippen LogP contribution in [0, 0.1) is 6.92 Å². The van der Waals surface area contributed by atoms with Gasteiger partial charge < -0.3 is 10.1 Å². The average Bonchev–Trinajstić information content (AvgIpc) is 2.42. The molecule has 1 aliphatic rings. The molecular formula is C15H22N2O. The number of aryl methyl sites for hydroxylation is 1. The Morgan fingerprint density at radius 1 is 1.50 bits per heavy atom. The van der Waals surface area contributed by atoms with Crippen molar-refractivity contribution in [1.82, 2.24) is 10.3 Å². The first-order valence-electron chi connectivity index (χ1n) is 6.77. The Balaban J connectivity index is 2.24. The minimum absolute atomic E-state index is 0.249. The van der Waals surface area contributed by atoms with Gasteiger partial charge in [0.05, 0.1) is 18.9 Å². The van der Waals surface area contributed by atoms with Gasteiger partial charge in [0, 0.05) is 12.4 Å². The van der Waals surface area contributed by atoms with Crippen molar-refractivity contribution in [3.8, 4) is 0 Å². The van der Waals surface area contributed by atoms with Crippen molar-refractivity contribution >= 4 is 0 Å². The minimum Gasteiger partial charge on any atom is -0.501 e. The van der Waals surface area contributed by atoms with Gasteiger partial charge in [-0.1, -0.05) is 6.92 Å². The first-order valence-corrected chi connectivity index (χ1v) is 6.77. The van der Waals surface area contributed by atoms with Gasteiger partial charge in [-0.3, -0.25) is 4.98 Å². The summed E-state index contributed by atoms with van der Waals surface area (Å²) in [6.45, 7) is 6.18. The maximum Gasteiger partial charge on any atom is 0.0876 e. The van der Waals surface area contributed by atoms with E-state index in [4.69, 9.17) is 4.74 Å². The first-order chi connectivity index (χ1) is 8.83. The third kappa shape index (κ3) is 3.10. The van der Waals surface area contributed by atoms with Crippen molar-refractivity contribution in [2.45, 2.75) is 39.2 Å². The number of hydrogen-bond donors (Lipinski definition) is 1. The largest absolute Gasteiger partial charge is 0.501 e. The number of nitrogens with zero attached hydrogens (tertiary/aromatic N) is 1. The summed E-state index contributed by atoms with van der Waals surface area (Å²) in [5.74, 6) is 0. The lowest BCUT2D eigenvalue weighted by Crippen LogP contribution is -2.26. The molecule has 2 heterocycles. The number of pyridine rings is 1. The van der Waals surface area contributed by atoms with Crippen molar-refractivity contribution in [2.75, 3.05) is 13.2 Å². The van der Waals surface area contributed by atoms with Crippen molar-refractivity contribution in [2.24, 2.45) is 0 Å². The van der Waals surface area contributed by atoms with E-state index in [1.54, 1.807) is 0 Å². The number of rotatable bonds is 5. The maximum atomic E-state index is 5.48. The predicted octanol–water partition coefficient (Wildman–Crippen LogP) is 3.13. The summed E-state index contributed by atoms with van der Waals surface area (Å²) in [5, 5.41) is 3.61. The predicted molar refractivity (Wildman–Crippen MR) is 73.3 cm³/mol. The summed E-state index contributed by atoms with van der Waals surface area (Å²) >= 11 is 0.